The lowest BCUT2D eigenvalue weighted by Gasteiger charge is -2.37. The molecule has 0 spiro atoms. The van der Waals surface area contributed by atoms with Crippen molar-refractivity contribution in [2.75, 3.05) is 33.0 Å². The van der Waals surface area contributed by atoms with Crippen LogP contribution >= 0.6 is 0 Å². The van der Waals surface area contributed by atoms with Gasteiger partial charge in [-0.2, -0.15) is 4.31 Å². The van der Waals surface area contributed by atoms with Crippen LogP contribution in [0.25, 0.3) is 11.1 Å². The quantitative estimate of drug-likeness (QED) is 0.676. The third-order valence-electron chi connectivity index (χ3n) is 5.78. The first-order valence-electron chi connectivity index (χ1n) is 10.3. The van der Waals surface area contributed by atoms with Gasteiger partial charge in [-0.15, -0.1) is 0 Å². The molecule has 0 radical (unpaired) electrons. The molecule has 0 unspecified atom stereocenters. The van der Waals surface area contributed by atoms with Crippen LogP contribution in [0.1, 0.15) is 13.8 Å². The zero-order valence-electron chi connectivity index (χ0n) is 18.7. The standard InChI is InChI=1S/C22H30N2O6S2/c1-16-13-24(17(2)15-25)32(28,29)22-11-10-19(18-8-6-5-7-9-18)12-20(22)30-21(16)14-23(3)31(4,26)27/h5-12,16-17,21,25H,13-15H2,1-4H3/t16-,17-,21+/m1/s1. The first-order valence-corrected chi connectivity index (χ1v) is 13.6. The predicted octanol–water partition coefficient (Wildman–Crippen LogP) is 2.01. The monoisotopic (exact) mass is 482 g/mol. The van der Waals surface area contributed by atoms with Crippen molar-refractivity contribution in [2.45, 2.75) is 30.9 Å². The Morgan fingerprint density at radius 3 is 2.44 bits per heavy atom. The number of nitrogens with zero attached hydrogens (tertiary/aromatic N) is 2. The summed E-state index contributed by atoms with van der Waals surface area (Å²) in [6, 6.07) is 13.8. The van der Waals surface area contributed by atoms with Gasteiger partial charge in [-0.3, -0.25) is 0 Å². The second kappa shape index (κ2) is 9.48. The molecule has 1 N–H and O–H groups in total. The lowest BCUT2D eigenvalue weighted by Crippen LogP contribution is -2.50. The number of hydrogen-bond donors (Lipinski definition) is 1. The average molecular weight is 483 g/mol. The van der Waals surface area contributed by atoms with E-state index in [0.29, 0.717) is 0 Å². The van der Waals surface area contributed by atoms with Crippen LogP contribution < -0.4 is 4.74 Å². The number of hydrogen-bond acceptors (Lipinski definition) is 6. The van der Waals surface area contributed by atoms with Crippen LogP contribution in [0.4, 0.5) is 0 Å². The number of aliphatic hydroxyl groups excluding tert-OH is 1. The minimum atomic E-state index is -3.95. The third kappa shape index (κ3) is 5.15. The summed E-state index contributed by atoms with van der Waals surface area (Å²) in [6.07, 6.45) is 0.524. The number of likely N-dealkylation sites (N-methyl/N-ethyl adjacent to an activating group) is 1. The van der Waals surface area contributed by atoms with Gasteiger partial charge in [0.15, 0.2) is 0 Å². The highest BCUT2D eigenvalue weighted by Gasteiger charge is 2.38. The summed E-state index contributed by atoms with van der Waals surface area (Å²) in [4.78, 5) is -0.00334. The fourth-order valence-electron chi connectivity index (χ4n) is 3.64. The third-order valence-corrected chi connectivity index (χ3v) is 9.08. The van der Waals surface area contributed by atoms with Gasteiger partial charge >= 0.3 is 0 Å². The van der Waals surface area contributed by atoms with Crippen LogP contribution in [0.2, 0.25) is 0 Å². The van der Waals surface area contributed by atoms with Crippen molar-refractivity contribution in [2.24, 2.45) is 5.92 Å². The van der Waals surface area contributed by atoms with E-state index in [2.05, 4.69) is 0 Å². The Bertz CT molecular complexity index is 1150. The van der Waals surface area contributed by atoms with Gasteiger partial charge in [-0.1, -0.05) is 43.3 Å². The molecule has 1 aliphatic heterocycles. The van der Waals surface area contributed by atoms with Gasteiger partial charge in [0.1, 0.15) is 16.7 Å². The maximum Gasteiger partial charge on any atom is 0.247 e. The second-order valence-corrected chi connectivity index (χ2v) is 12.3. The Balaban J connectivity index is 2.14. The van der Waals surface area contributed by atoms with E-state index in [9.17, 15) is 21.9 Å². The Morgan fingerprint density at radius 2 is 1.84 bits per heavy atom. The molecule has 1 aliphatic rings. The second-order valence-electron chi connectivity index (χ2n) is 8.31. The van der Waals surface area contributed by atoms with Crippen molar-refractivity contribution in [1.29, 1.82) is 0 Å². The van der Waals surface area contributed by atoms with E-state index >= 15 is 0 Å². The maximum atomic E-state index is 13.5. The number of ether oxygens (including phenoxy) is 1. The molecule has 2 aromatic carbocycles. The summed E-state index contributed by atoms with van der Waals surface area (Å²) in [7, 11) is -5.93. The zero-order valence-corrected chi connectivity index (χ0v) is 20.3. The molecule has 2 aromatic rings. The van der Waals surface area contributed by atoms with Crippen molar-refractivity contribution in [3.63, 3.8) is 0 Å². The summed E-state index contributed by atoms with van der Waals surface area (Å²) >= 11 is 0. The molecular weight excluding hydrogens is 452 g/mol. The molecule has 0 amide bonds. The molecule has 0 saturated heterocycles. The molecule has 176 valence electrons. The average Bonchev–Trinajstić information content (AvgIpc) is 2.75. The summed E-state index contributed by atoms with van der Waals surface area (Å²) in [5, 5.41) is 9.70. The Morgan fingerprint density at radius 1 is 1.19 bits per heavy atom. The molecule has 3 atom stereocenters. The van der Waals surface area contributed by atoms with Gasteiger partial charge in [-0.05, 0) is 30.2 Å². The summed E-state index contributed by atoms with van der Waals surface area (Å²) in [5.74, 6) is -0.170. The minimum Gasteiger partial charge on any atom is -0.487 e. The van der Waals surface area contributed by atoms with Crippen molar-refractivity contribution >= 4 is 20.0 Å². The van der Waals surface area contributed by atoms with Gasteiger partial charge in [0.2, 0.25) is 20.0 Å². The van der Waals surface area contributed by atoms with E-state index in [1.165, 1.54) is 21.7 Å². The van der Waals surface area contributed by atoms with Crippen molar-refractivity contribution in [1.82, 2.24) is 8.61 Å². The highest BCUT2D eigenvalue weighted by atomic mass is 32.2. The van der Waals surface area contributed by atoms with E-state index in [1.807, 2.05) is 37.3 Å². The van der Waals surface area contributed by atoms with Crippen molar-refractivity contribution in [3.8, 4) is 16.9 Å². The highest BCUT2D eigenvalue weighted by molar-refractivity contribution is 7.89. The van der Waals surface area contributed by atoms with Gasteiger partial charge in [0.25, 0.3) is 0 Å². The van der Waals surface area contributed by atoms with E-state index in [4.69, 9.17) is 4.74 Å². The fourth-order valence-corrected chi connectivity index (χ4v) is 5.89. The summed E-state index contributed by atoms with van der Waals surface area (Å²) in [5.41, 5.74) is 1.68. The van der Waals surface area contributed by atoms with E-state index in [1.54, 1.807) is 19.1 Å². The molecule has 32 heavy (non-hydrogen) atoms. The molecule has 0 bridgehead atoms. The van der Waals surface area contributed by atoms with Crippen LogP contribution in [0.5, 0.6) is 5.75 Å². The molecule has 3 rings (SSSR count). The van der Waals surface area contributed by atoms with Crippen LogP contribution in [-0.4, -0.2) is 75.7 Å². The van der Waals surface area contributed by atoms with Crippen molar-refractivity contribution < 1.29 is 26.7 Å². The minimum absolute atomic E-state index is 0.00334. The normalized spacial score (nSPS) is 22.4. The van der Waals surface area contributed by atoms with Gasteiger partial charge < -0.3 is 9.84 Å². The zero-order chi connectivity index (χ0) is 23.7. The molecule has 0 aliphatic carbocycles. The van der Waals surface area contributed by atoms with Crippen LogP contribution in [-0.2, 0) is 20.0 Å². The van der Waals surface area contributed by atoms with E-state index < -0.39 is 32.2 Å². The molecule has 0 aromatic heterocycles. The van der Waals surface area contributed by atoms with Gasteiger partial charge in [0.05, 0.1) is 19.4 Å². The summed E-state index contributed by atoms with van der Waals surface area (Å²) < 4.78 is 59.7. The number of rotatable bonds is 6. The van der Waals surface area contributed by atoms with Crippen LogP contribution in [0.3, 0.4) is 0 Å². The van der Waals surface area contributed by atoms with Gasteiger partial charge in [-0.25, -0.2) is 21.1 Å². The molecule has 0 fully saturated rings. The van der Waals surface area contributed by atoms with E-state index in [0.717, 1.165) is 17.4 Å². The SMILES string of the molecule is C[C@@H]1CN([C@H](C)CO)S(=O)(=O)c2ccc(-c3ccccc3)cc2O[C@H]1CN(C)S(C)(=O)=O. The molecule has 8 nitrogen and oxygen atoms in total. The van der Waals surface area contributed by atoms with Gasteiger partial charge in [0, 0.05) is 25.6 Å². The molecule has 1 heterocycles. The largest absolute Gasteiger partial charge is 0.487 e. The highest BCUT2D eigenvalue weighted by Crippen LogP contribution is 2.36. The predicted molar refractivity (Wildman–Crippen MR) is 123 cm³/mol. The molecule has 10 heteroatoms. The topological polar surface area (TPSA) is 104 Å². The number of fused-ring (bicyclic) bond motifs is 1. The first-order chi connectivity index (χ1) is 14.9. The number of aliphatic hydroxyl groups is 1. The fraction of sp³-hybridized carbons (Fsp3) is 0.455. The summed E-state index contributed by atoms with van der Waals surface area (Å²) in [6.45, 7) is 3.28. The van der Waals surface area contributed by atoms with Crippen LogP contribution in [0.15, 0.2) is 53.4 Å². The molecular formula is C22H30N2O6S2. The molecule has 0 saturated carbocycles. The smallest absolute Gasteiger partial charge is 0.247 e. The maximum absolute atomic E-state index is 13.5. The lowest BCUT2D eigenvalue weighted by molar-refractivity contribution is 0.0906. The van der Waals surface area contributed by atoms with E-state index in [-0.39, 0.29) is 36.3 Å². The lowest BCUT2D eigenvalue weighted by atomic mass is 10.0. The Kier molecular flexibility index (Phi) is 7.31. The Hall–Kier alpha value is -1.98. The number of sulfonamides is 2. The number of benzene rings is 2. The Labute approximate surface area is 190 Å². The van der Waals surface area contributed by atoms with Crippen LogP contribution in [0, 0.1) is 5.92 Å². The van der Waals surface area contributed by atoms with Crippen molar-refractivity contribution in [3.05, 3.63) is 48.5 Å². The first kappa shape index (κ1) is 24.7.